The number of nitrogens with one attached hydrogen (secondary N) is 2. The van der Waals surface area contributed by atoms with Crippen LogP contribution in [0.25, 0.3) is 11.0 Å². The van der Waals surface area contributed by atoms with Crippen molar-refractivity contribution in [2.75, 3.05) is 17.7 Å². The molecule has 3 aromatic rings. The van der Waals surface area contributed by atoms with Crippen LogP contribution in [0.3, 0.4) is 0 Å². The average Bonchev–Trinajstić information content (AvgIpc) is 2.77. The van der Waals surface area contributed by atoms with Crippen molar-refractivity contribution in [1.82, 2.24) is 19.9 Å². The van der Waals surface area contributed by atoms with Gasteiger partial charge in [0, 0.05) is 11.7 Å². The van der Waals surface area contributed by atoms with Gasteiger partial charge in [0.05, 0.1) is 24.2 Å². The van der Waals surface area contributed by atoms with Gasteiger partial charge in [-0.1, -0.05) is 11.6 Å². The van der Waals surface area contributed by atoms with Crippen molar-refractivity contribution in [3.05, 3.63) is 41.6 Å². The Labute approximate surface area is 177 Å². The molecular formula is C20H20ClFN6O2. The first kappa shape index (κ1) is 20.2. The van der Waals surface area contributed by atoms with Gasteiger partial charge in [-0.3, -0.25) is 4.79 Å². The van der Waals surface area contributed by atoms with Crippen LogP contribution in [0.15, 0.2) is 30.7 Å². The van der Waals surface area contributed by atoms with Crippen LogP contribution in [-0.4, -0.2) is 39.1 Å². The third-order valence-corrected chi connectivity index (χ3v) is 5.44. The van der Waals surface area contributed by atoms with E-state index < -0.39 is 5.82 Å². The predicted octanol–water partition coefficient (Wildman–Crippen LogP) is 4.10. The fourth-order valence-corrected chi connectivity index (χ4v) is 3.73. The van der Waals surface area contributed by atoms with E-state index in [1.807, 2.05) is 0 Å². The Morgan fingerprint density at radius 3 is 2.73 bits per heavy atom. The second-order valence-electron chi connectivity index (χ2n) is 7.12. The van der Waals surface area contributed by atoms with Crippen LogP contribution >= 0.6 is 11.6 Å². The summed E-state index contributed by atoms with van der Waals surface area (Å²) in [4.78, 5) is 29.1. The molecule has 10 heteroatoms. The van der Waals surface area contributed by atoms with Crippen molar-refractivity contribution in [3.63, 3.8) is 0 Å². The molecule has 2 N–H and O–H groups in total. The van der Waals surface area contributed by atoms with E-state index in [0.717, 1.165) is 25.7 Å². The molecule has 30 heavy (non-hydrogen) atoms. The number of carbonyl (C=O) groups is 1. The molecule has 156 valence electrons. The highest BCUT2D eigenvalue weighted by atomic mass is 35.5. The van der Waals surface area contributed by atoms with Gasteiger partial charge in [0.2, 0.25) is 5.95 Å². The Morgan fingerprint density at radius 2 is 2.00 bits per heavy atom. The second kappa shape index (κ2) is 8.74. The number of benzene rings is 1. The number of halogens is 2. The maximum Gasteiger partial charge on any atom is 0.308 e. The van der Waals surface area contributed by atoms with Gasteiger partial charge in [-0.25, -0.2) is 24.3 Å². The Morgan fingerprint density at radius 1 is 1.20 bits per heavy atom. The molecule has 0 aliphatic heterocycles. The molecule has 0 bridgehead atoms. The number of nitrogens with zero attached hydrogens (tertiary/aromatic N) is 4. The average molecular weight is 431 g/mol. The van der Waals surface area contributed by atoms with E-state index in [1.54, 1.807) is 12.3 Å². The predicted molar refractivity (Wildman–Crippen MR) is 111 cm³/mol. The van der Waals surface area contributed by atoms with Crippen molar-refractivity contribution in [2.45, 2.75) is 31.7 Å². The van der Waals surface area contributed by atoms with Gasteiger partial charge in [0.1, 0.15) is 23.2 Å². The van der Waals surface area contributed by atoms with E-state index in [-0.39, 0.29) is 23.0 Å². The van der Waals surface area contributed by atoms with E-state index in [4.69, 9.17) is 16.3 Å². The van der Waals surface area contributed by atoms with E-state index in [0.29, 0.717) is 28.5 Å². The minimum atomic E-state index is -0.495. The highest BCUT2D eigenvalue weighted by molar-refractivity contribution is 6.31. The van der Waals surface area contributed by atoms with Gasteiger partial charge >= 0.3 is 5.97 Å². The molecule has 0 saturated heterocycles. The first-order chi connectivity index (χ1) is 14.5. The van der Waals surface area contributed by atoms with Crippen LogP contribution in [0.5, 0.6) is 0 Å². The van der Waals surface area contributed by atoms with Crippen LogP contribution in [0.2, 0.25) is 5.02 Å². The maximum absolute atomic E-state index is 13.4. The summed E-state index contributed by atoms with van der Waals surface area (Å²) in [6.07, 6.45) is 6.20. The Bertz CT molecular complexity index is 1070. The van der Waals surface area contributed by atoms with Gasteiger partial charge < -0.3 is 15.4 Å². The van der Waals surface area contributed by atoms with Crippen molar-refractivity contribution >= 4 is 46.1 Å². The summed E-state index contributed by atoms with van der Waals surface area (Å²) in [5.74, 6) is 0.230. The SMILES string of the molecule is COC(=O)[C@H]1CC[C@H](Nc2ncc3ncnc(Nc4ccc(F)c(Cl)c4)c3n2)CC1. The van der Waals surface area contributed by atoms with Gasteiger partial charge in [-0.15, -0.1) is 0 Å². The summed E-state index contributed by atoms with van der Waals surface area (Å²) in [5, 5.41) is 6.44. The highest BCUT2D eigenvalue weighted by Crippen LogP contribution is 2.28. The first-order valence-corrected chi connectivity index (χ1v) is 9.95. The van der Waals surface area contributed by atoms with Crippen molar-refractivity contribution < 1.29 is 13.9 Å². The lowest BCUT2D eigenvalue weighted by Gasteiger charge is -2.27. The molecule has 1 saturated carbocycles. The zero-order valence-electron chi connectivity index (χ0n) is 16.2. The molecule has 0 radical (unpaired) electrons. The summed E-state index contributed by atoms with van der Waals surface area (Å²) >= 11 is 5.86. The standard InChI is InChI=1S/C20H20ClFN6O2/c1-30-19(29)11-2-4-12(5-3-11)27-20-23-9-16-17(28-20)18(25-10-24-16)26-13-6-7-15(22)14(21)8-13/h6-12H,2-5H2,1H3,(H,23,27,28)(H,24,25,26)/t11-,12-. The quantitative estimate of drug-likeness (QED) is 0.583. The Hall–Kier alpha value is -3.07. The zero-order chi connectivity index (χ0) is 21.1. The topological polar surface area (TPSA) is 102 Å². The molecule has 1 aliphatic carbocycles. The van der Waals surface area contributed by atoms with Crippen molar-refractivity contribution in [3.8, 4) is 0 Å². The van der Waals surface area contributed by atoms with E-state index >= 15 is 0 Å². The minimum absolute atomic E-state index is 0.0119. The summed E-state index contributed by atoms with van der Waals surface area (Å²) < 4.78 is 18.2. The zero-order valence-corrected chi connectivity index (χ0v) is 17.0. The molecule has 0 atom stereocenters. The molecule has 4 rings (SSSR count). The Kier molecular flexibility index (Phi) is 5.89. The molecule has 1 fully saturated rings. The minimum Gasteiger partial charge on any atom is -0.469 e. The molecule has 0 amide bonds. The number of hydrogen-bond donors (Lipinski definition) is 2. The largest absolute Gasteiger partial charge is 0.469 e. The molecular weight excluding hydrogens is 411 g/mol. The third-order valence-electron chi connectivity index (χ3n) is 5.15. The molecule has 1 aromatic carbocycles. The summed E-state index contributed by atoms with van der Waals surface area (Å²) in [7, 11) is 1.42. The summed E-state index contributed by atoms with van der Waals surface area (Å²) in [5.41, 5.74) is 1.68. The van der Waals surface area contributed by atoms with Crippen molar-refractivity contribution in [2.24, 2.45) is 5.92 Å². The number of hydrogen-bond acceptors (Lipinski definition) is 8. The molecule has 8 nitrogen and oxygen atoms in total. The lowest BCUT2D eigenvalue weighted by Crippen LogP contribution is -2.30. The normalized spacial score (nSPS) is 18.8. The number of esters is 1. The van der Waals surface area contributed by atoms with Gasteiger partial charge in [0.15, 0.2) is 5.82 Å². The number of fused-ring (bicyclic) bond motifs is 1. The van der Waals surface area contributed by atoms with Crippen molar-refractivity contribution in [1.29, 1.82) is 0 Å². The van der Waals surface area contributed by atoms with Crippen LogP contribution in [0.1, 0.15) is 25.7 Å². The van der Waals surface area contributed by atoms with E-state index in [2.05, 4.69) is 30.6 Å². The summed E-state index contributed by atoms with van der Waals surface area (Å²) in [6, 6.07) is 4.49. The smallest absolute Gasteiger partial charge is 0.308 e. The molecule has 0 spiro atoms. The Balaban J connectivity index is 1.51. The van der Waals surface area contributed by atoms with E-state index in [1.165, 1.54) is 25.6 Å². The van der Waals surface area contributed by atoms with Crippen LogP contribution in [-0.2, 0) is 9.53 Å². The number of methoxy groups -OCH3 is 1. The lowest BCUT2D eigenvalue weighted by atomic mass is 9.86. The fraction of sp³-hybridized carbons (Fsp3) is 0.350. The number of aromatic nitrogens is 4. The number of ether oxygens (including phenoxy) is 1. The van der Waals surface area contributed by atoms with Crippen LogP contribution < -0.4 is 10.6 Å². The molecule has 2 heterocycles. The van der Waals surface area contributed by atoms with E-state index in [9.17, 15) is 9.18 Å². The number of rotatable bonds is 5. The monoisotopic (exact) mass is 430 g/mol. The second-order valence-corrected chi connectivity index (χ2v) is 7.53. The molecule has 2 aromatic heterocycles. The number of carbonyl (C=O) groups excluding carboxylic acids is 1. The lowest BCUT2D eigenvalue weighted by molar-refractivity contribution is -0.146. The highest BCUT2D eigenvalue weighted by Gasteiger charge is 2.27. The van der Waals surface area contributed by atoms with Gasteiger partial charge in [-0.2, -0.15) is 0 Å². The molecule has 0 unspecified atom stereocenters. The number of anilines is 3. The van der Waals surface area contributed by atoms with Gasteiger partial charge in [0.25, 0.3) is 0 Å². The third kappa shape index (κ3) is 4.40. The summed E-state index contributed by atoms with van der Waals surface area (Å²) in [6.45, 7) is 0. The first-order valence-electron chi connectivity index (χ1n) is 9.57. The fourth-order valence-electron chi connectivity index (χ4n) is 3.55. The van der Waals surface area contributed by atoms with Crippen LogP contribution in [0, 0.1) is 11.7 Å². The van der Waals surface area contributed by atoms with Crippen LogP contribution in [0.4, 0.5) is 21.8 Å². The molecule has 1 aliphatic rings. The maximum atomic E-state index is 13.4. The van der Waals surface area contributed by atoms with Gasteiger partial charge in [-0.05, 0) is 43.9 Å².